The summed E-state index contributed by atoms with van der Waals surface area (Å²) >= 11 is 1.31. The number of aromatic nitrogens is 3. The average Bonchev–Trinajstić information content (AvgIpc) is 2.85. The third kappa shape index (κ3) is 2.80. The number of ether oxygens (including phenoxy) is 1. The van der Waals surface area contributed by atoms with Crippen LogP contribution in [0.3, 0.4) is 0 Å². The number of nitrogens with zero attached hydrogens (tertiary/aromatic N) is 2. The quantitative estimate of drug-likeness (QED) is 0.645. The van der Waals surface area contributed by atoms with Crippen molar-refractivity contribution in [3.63, 3.8) is 0 Å². The molecule has 2 rings (SSSR count). The van der Waals surface area contributed by atoms with E-state index in [0.29, 0.717) is 23.0 Å². The van der Waals surface area contributed by atoms with Gasteiger partial charge < -0.3 is 10.5 Å². The van der Waals surface area contributed by atoms with Gasteiger partial charge in [0.1, 0.15) is 6.33 Å². The molecule has 1 heterocycles. The number of carbonyl (C=O) groups is 1. The maximum atomic E-state index is 11.6. The SMILES string of the molecule is CCOC(=O)c1ccc(N)c(Sc2ncn[nH]2)c1. The molecule has 94 valence electrons. The van der Waals surface area contributed by atoms with E-state index in [1.807, 2.05) is 0 Å². The predicted octanol–water partition coefficient (Wildman–Crippen LogP) is 1.71. The number of H-pyrrole nitrogens is 1. The van der Waals surface area contributed by atoms with Gasteiger partial charge >= 0.3 is 5.97 Å². The summed E-state index contributed by atoms with van der Waals surface area (Å²) < 4.78 is 4.93. The van der Waals surface area contributed by atoms with Gasteiger partial charge in [-0.05, 0) is 36.9 Å². The number of aromatic amines is 1. The molecule has 0 amide bonds. The van der Waals surface area contributed by atoms with Gasteiger partial charge in [-0.15, -0.1) is 0 Å². The minimum absolute atomic E-state index is 0.341. The molecule has 0 aliphatic carbocycles. The highest BCUT2D eigenvalue weighted by molar-refractivity contribution is 7.99. The summed E-state index contributed by atoms with van der Waals surface area (Å²) in [5, 5.41) is 7.08. The largest absolute Gasteiger partial charge is 0.462 e. The molecular weight excluding hydrogens is 252 g/mol. The zero-order valence-electron chi connectivity index (χ0n) is 9.71. The summed E-state index contributed by atoms with van der Waals surface area (Å²) in [6, 6.07) is 4.99. The topological polar surface area (TPSA) is 93.9 Å². The lowest BCUT2D eigenvalue weighted by Gasteiger charge is -2.06. The van der Waals surface area contributed by atoms with Crippen molar-refractivity contribution in [2.45, 2.75) is 17.0 Å². The molecule has 7 heteroatoms. The van der Waals surface area contributed by atoms with Gasteiger partial charge in [0.05, 0.1) is 12.2 Å². The average molecular weight is 264 g/mol. The molecule has 2 aromatic rings. The van der Waals surface area contributed by atoms with Gasteiger partial charge in [-0.2, -0.15) is 5.10 Å². The van der Waals surface area contributed by atoms with Crippen molar-refractivity contribution in [3.05, 3.63) is 30.1 Å². The summed E-state index contributed by atoms with van der Waals surface area (Å²) in [5.41, 5.74) is 6.88. The lowest BCUT2D eigenvalue weighted by Crippen LogP contribution is -2.05. The molecule has 0 aliphatic heterocycles. The van der Waals surface area contributed by atoms with Gasteiger partial charge in [-0.25, -0.2) is 9.78 Å². The molecule has 18 heavy (non-hydrogen) atoms. The zero-order chi connectivity index (χ0) is 13.0. The Bertz CT molecular complexity index is 542. The van der Waals surface area contributed by atoms with Gasteiger partial charge in [0.15, 0.2) is 5.16 Å². The lowest BCUT2D eigenvalue weighted by atomic mass is 10.2. The van der Waals surface area contributed by atoms with Crippen LogP contribution in [0.5, 0.6) is 0 Å². The van der Waals surface area contributed by atoms with E-state index >= 15 is 0 Å². The lowest BCUT2D eigenvalue weighted by molar-refractivity contribution is 0.0526. The molecule has 6 nitrogen and oxygen atoms in total. The number of esters is 1. The van der Waals surface area contributed by atoms with Crippen LogP contribution >= 0.6 is 11.8 Å². The molecule has 0 spiro atoms. The highest BCUT2D eigenvalue weighted by atomic mass is 32.2. The Labute approximate surface area is 108 Å². The second-order valence-corrected chi connectivity index (χ2v) is 4.40. The molecule has 0 bridgehead atoms. The second-order valence-electron chi connectivity index (χ2n) is 3.37. The maximum Gasteiger partial charge on any atom is 0.338 e. The number of nitrogens with one attached hydrogen (secondary N) is 1. The van der Waals surface area contributed by atoms with E-state index in [1.165, 1.54) is 18.1 Å². The molecule has 0 unspecified atom stereocenters. The fraction of sp³-hybridized carbons (Fsp3) is 0.182. The summed E-state index contributed by atoms with van der Waals surface area (Å²) in [7, 11) is 0. The maximum absolute atomic E-state index is 11.6. The minimum Gasteiger partial charge on any atom is -0.462 e. The van der Waals surface area contributed by atoms with E-state index in [-0.39, 0.29) is 5.97 Å². The smallest absolute Gasteiger partial charge is 0.338 e. The number of hydrogen-bond donors (Lipinski definition) is 2. The first kappa shape index (κ1) is 12.4. The van der Waals surface area contributed by atoms with Crippen LogP contribution in [0.15, 0.2) is 34.6 Å². The minimum atomic E-state index is -0.364. The highest BCUT2D eigenvalue weighted by Crippen LogP contribution is 2.30. The Morgan fingerprint density at radius 2 is 2.39 bits per heavy atom. The summed E-state index contributed by atoms with van der Waals surface area (Å²) in [6.07, 6.45) is 1.41. The van der Waals surface area contributed by atoms with Crippen LogP contribution in [-0.2, 0) is 4.74 Å². The molecular formula is C11H12N4O2S. The van der Waals surface area contributed by atoms with Crippen molar-refractivity contribution in [2.75, 3.05) is 12.3 Å². The number of hydrogen-bond acceptors (Lipinski definition) is 6. The van der Waals surface area contributed by atoms with Crippen molar-refractivity contribution in [3.8, 4) is 0 Å². The van der Waals surface area contributed by atoms with E-state index in [2.05, 4.69) is 15.2 Å². The Hall–Kier alpha value is -2.02. The molecule has 0 saturated heterocycles. The summed E-state index contributed by atoms with van der Waals surface area (Å²) in [4.78, 5) is 16.3. The van der Waals surface area contributed by atoms with Crippen LogP contribution in [0.25, 0.3) is 0 Å². The Morgan fingerprint density at radius 1 is 1.56 bits per heavy atom. The van der Waals surface area contributed by atoms with Crippen molar-refractivity contribution in [1.29, 1.82) is 0 Å². The fourth-order valence-corrected chi connectivity index (χ4v) is 2.09. The Morgan fingerprint density at radius 3 is 3.06 bits per heavy atom. The molecule has 0 aliphatic rings. The van der Waals surface area contributed by atoms with E-state index in [4.69, 9.17) is 10.5 Å². The normalized spacial score (nSPS) is 10.3. The monoisotopic (exact) mass is 264 g/mol. The molecule has 0 saturated carbocycles. The molecule has 0 radical (unpaired) electrons. The molecule has 0 atom stereocenters. The number of carbonyl (C=O) groups excluding carboxylic acids is 1. The molecule has 0 fully saturated rings. The van der Waals surface area contributed by atoms with Gasteiger partial charge in [-0.1, -0.05) is 0 Å². The molecule has 1 aromatic heterocycles. The summed E-state index contributed by atoms with van der Waals surface area (Å²) in [5.74, 6) is -0.364. The Balaban J connectivity index is 2.24. The van der Waals surface area contributed by atoms with E-state index < -0.39 is 0 Å². The first-order valence-corrected chi connectivity index (χ1v) is 6.12. The van der Waals surface area contributed by atoms with Gasteiger partial charge in [0.25, 0.3) is 0 Å². The number of nitrogens with two attached hydrogens (primary N) is 1. The van der Waals surface area contributed by atoms with Crippen molar-refractivity contribution in [1.82, 2.24) is 15.2 Å². The zero-order valence-corrected chi connectivity index (χ0v) is 10.5. The first-order valence-electron chi connectivity index (χ1n) is 5.30. The van der Waals surface area contributed by atoms with Gasteiger partial charge in [0, 0.05) is 10.6 Å². The number of benzene rings is 1. The van der Waals surface area contributed by atoms with E-state index in [9.17, 15) is 4.79 Å². The number of rotatable bonds is 4. The molecule has 1 aromatic carbocycles. The van der Waals surface area contributed by atoms with E-state index in [0.717, 1.165) is 4.90 Å². The highest BCUT2D eigenvalue weighted by Gasteiger charge is 2.11. The van der Waals surface area contributed by atoms with Crippen molar-refractivity contribution in [2.24, 2.45) is 0 Å². The summed E-state index contributed by atoms with van der Waals surface area (Å²) in [6.45, 7) is 2.10. The second kappa shape index (κ2) is 5.54. The third-order valence-corrected chi connectivity index (χ3v) is 3.09. The van der Waals surface area contributed by atoms with Crippen LogP contribution in [0.2, 0.25) is 0 Å². The number of nitrogen functional groups attached to an aromatic ring is 1. The van der Waals surface area contributed by atoms with Gasteiger partial charge in [0.2, 0.25) is 0 Å². The van der Waals surface area contributed by atoms with Crippen LogP contribution in [0.4, 0.5) is 5.69 Å². The van der Waals surface area contributed by atoms with Crippen molar-refractivity contribution < 1.29 is 9.53 Å². The van der Waals surface area contributed by atoms with Crippen LogP contribution < -0.4 is 5.73 Å². The Kier molecular flexibility index (Phi) is 3.83. The number of anilines is 1. The third-order valence-electron chi connectivity index (χ3n) is 2.12. The van der Waals surface area contributed by atoms with Crippen molar-refractivity contribution >= 4 is 23.4 Å². The standard InChI is InChI=1S/C11H12N4O2S/c1-2-17-10(16)7-3-4-8(12)9(5-7)18-11-13-6-14-15-11/h3-6H,2,12H2,1H3,(H,13,14,15). The van der Waals surface area contributed by atoms with Crippen LogP contribution in [0.1, 0.15) is 17.3 Å². The first-order chi connectivity index (χ1) is 8.70. The molecule has 3 N–H and O–H groups in total. The van der Waals surface area contributed by atoms with Crippen LogP contribution in [-0.4, -0.2) is 27.8 Å². The van der Waals surface area contributed by atoms with Crippen LogP contribution in [0, 0.1) is 0 Å². The fourth-order valence-electron chi connectivity index (χ4n) is 1.31. The van der Waals surface area contributed by atoms with E-state index in [1.54, 1.807) is 25.1 Å². The van der Waals surface area contributed by atoms with Gasteiger partial charge in [-0.3, -0.25) is 5.10 Å². The predicted molar refractivity (Wildman–Crippen MR) is 67.3 cm³/mol.